The first-order chi connectivity index (χ1) is 11.5. The molecule has 2 aromatic rings. The van der Waals surface area contributed by atoms with Crippen molar-refractivity contribution in [3.8, 4) is 0 Å². The van der Waals surface area contributed by atoms with Crippen LogP contribution in [0.5, 0.6) is 0 Å². The molecule has 7 heteroatoms. The lowest BCUT2D eigenvalue weighted by molar-refractivity contribution is -0.120. The highest BCUT2D eigenvalue weighted by atomic mass is 16.1. The summed E-state index contributed by atoms with van der Waals surface area (Å²) in [5.41, 5.74) is 2.95. The van der Waals surface area contributed by atoms with Crippen molar-refractivity contribution in [2.45, 2.75) is 33.1 Å². The van der Waals surface area contributed by atoms with Gasteiger partial charge in [0.2, 0.25) is 5.91 Å². The van der Waals surface area contributed by atoms with Crippen LogP contribution in [0, 0.1) is 19.8 Å². The van der Waals surface area contributed by atoms with Crippen LogP contribution in [0.3, 0.4) is 0 Å². The van der Waals surface area contributed by atoms with Gasteiger partial charge >= 0.3 is 0 Å². The number of hydrogen-bond acceptors (Lipinski definition) is 4. The number of nitrogens with zero attached hydrogens (tertiary/aromatic N) is 2. The fourth-order valence-corrected chi connectivity index (χ4v) is 3.49. The van der Waals surface area contributed by atoms with Crippen LogP contribution in [0.4, 0.5) is 0 Å². The zero-order chi connectivity index (χ0) is 17.3. The third kappa shape index (κ3) is 3.21. The molecule has 1 aliphatic rings. The molecule has 24 heavy (non-hydrogen) atoms. The van der Waals surface area contributed by atoms with E-state index in [2.05, 4.69) is 20.7 Å². The molecule has 3 rings (SSSR count). The van der Waals surface area contributed by atoms with E-state index < -0.39 is 0 Å². The van der Waals surface area contributed by atoms with Crippen LogP contribution in [0.1, 0.15) is 29.7 Å². The maximum Gasteiger partial charge on any atom is 0.273 e. The molecular formula is C17H25N5O2. The highest BCUT2D eigenvalue weighted by molar-refractivity contribution is 5.84. The number of piperidine rings is 1. The van der Waals surface area contributed by atoms with E-state index in [1.807, 2.05) is 13.8 Å². The van der Waals surface area contributed by atoms with Gasteiger partial charge in [0.25, 0.3) is 5.56 Å². The Bertz CT molecular complexity index is 814. The topological polar surface area (TPSA) is 91.8 Å². The Morgan fingerprint density at radius 2 is 2.21 bits per heavy atom. The van der Waals surface area contributed by atoms with Crippen LogP contribution < -0.4 is 16.2 Å². The fraction of sp³-hybridized carbons (Fsp3) is 0.588. The summed E-state index contributed by atoms with van der Waals surface area (Å²) in [6.07, 6.45) is 2.57. The first-order valence-electron chi connectivity index (χ1n) is 8.49. The summed E-state index contributed by atoms with van der Waals surface area (Å²) in [6, 6.07) is 0. The number of carbonyl (C=O) groups is 1. The number of carbonyl (C=O) groups excluding carboxylic acids is 1. The summed E-state index contributed by atoms with van der Waals surface area (Å²) >= 11 is 0. The lowest BCUT2D eigenvalue weighted by Gasteiger charge is -2.23. The molecule has 3 N–H and O–H groups in total. The van der Waals surface area contributed by atoms with Gasteiger partial charge in [0, 0.05) is 19.3 Å². The quantitative estimate of drug-likeness (QED) is 0.762. The molecule has 0 radical (unpaired) electrons. The first kappa shape index (κ1) is 16.7. The van der Waals surface area contributed by atoms with Gasteiger partial charge in [-0.25, -0.2) is 4.98 Å². The number of fused-ring (bicyclic) bond motifs is 1. The normalized spacial score (nSPS) is 18.0. The van der Waals surface area contributed by atoms with Crippen LogP contribution in [-0.2, 0) is 18.3 Å². The molecule has 2 aromatic heterocycles. The van der Waals surface area contributed by atoms with Gasteiger partial charge in [-0.05, 0) is 56.8 Å². The molecular weight excluding hydrogens is 306 g/mol. The second-order valence-corrected chi connectivity index (χ2v) is 6.69. The summed E-state index contributed by atoms with van der Waals surface area (Å²) in [6.45, 7) is 6.51. The Balaban J connectivity index is 1.75. The van der Waals surface area contributed by atoms with E-state index in [0.717, 1.165) is 42.8 Å². The predicted octanol–water partition coefficient (Wildman–Crippen LogP) is 0.537. The zero-order valence-electron chi connectivity index (χ0n) is 14.5. The highest BCUT2D eigenvalue weighted by Crippen LogP contribution is 2.20. The number of hydrogen-bond donors (Lipinski definition) is 3. The second-order valence-electron chi connectivity index (χ2n) is 6.69. The number of aryl methyl sites for hydroxylation is 3. The van der Waals surface area contributed by atoms with Gasteiger partial charge in [0.1, 0.15) is 0 Å². The monoisotopic (exact) mass is 331 g/mol. The number of aromatic nitrogens is 3. The maximum absolute atomic E-state index is 12.3. The molecule has 7 nitrogen and oxygen atoms in total. The van der Waals surface area contributed by atoms with Gasteiger partial charge in [-0.2, -0.15) is 0 Å². The molecule has 0 aromatic carbocycles. The van der Waals surface area contributed by atoms with Crippen molar-refractivity contribution in [1.82, 2.24) is 25.4 Å². The van der Waals surface area contributed by atoms with E-state index in [9.17, 15) is 9.59 Å². The lowest BCUT2D eigenvalue weighted by atomic mass is 9.99. The Labute approximate surface area is 140 Å². The molecule has 130 valence electrons. The van der Waals surface area contributed by atoms with Crippen LogP contribution >= 0.6 is 0 Å². The summed E-state index contributed by atoms with van der Waals surface area (Å²) in [7, 11) is 1.76. The van der Waals surface area contributed by atoms with Crippen molar-refractivity contribution in [2.75, 3.05) is 19.6 Å². The minimum Gasteiger partial charge on any atom is -0.355 e. The van der Waals surface area contributed by atoms with E-state index in [4.69, 9.17) is 0 Å². The molecule has 1 atom stereocenters. The van der Waals surface area contributed by atoms with Crippen molar-refractivity contribution in [1.29, 1.82) is 0 Å². The number of amides is 1. The van der Waals surface area contributed by atoms with Crippen molar-refractivity contribution in [3.63, 3.8) is 0 Å². The third-order valence-corrected chi connectivity index (χ3v) is 4.90. The second kappa shape index (κ2) is 6.76. The van der Waals surface area contributed by atoms with E-state index in [0.29, 0.717) is 23.5 Å². The molecule has 1 saturated heterocycles. The van der Waals surface area contributed by atoms with Crippen LogP contribution in [0.25, 0.3) is 11.0 Å². The van der Waals surface area contributed by atoms with Crippen molar-refractivity contribution < 1.29 is 4.79 Å². The van der Waals surface area contributed by atoms with Crippen LogP contribution in [0.15, 0.2) is 4.79 Å². The molecule has 1 amide bonds. The van der Waals surface area contributed by atoms with Crippen molar-refractivity contribution in [2.24, 2.45) is 13.0 Å². The van der Waals surface area contributed by atoms with Gasteiger partial charge in [-0.15, -0.1) is 0 Å². The fourth-order valence-electron chi connectivity index (χ4n) is 3.49. The Morgan fingerprint density at radius 3 is 2.92 bits per heavy atom. The molecule has 1 aliphatic heterocycles. The number of nitrogens with one attached hydrogen (secondary N) is 3. The Hall–Kier alpha value is -2.15. The van der Waals surface area contributed by atoms with E-state index >= 15 is 0 Å². The van der Waals surface area contributed by atoms with E-state index in [-0.39, 0.29) is 17.9 Å². The summed E-state index contributed by atoms with van der Waals surface area (Å²) in [4.78, 5) is 28.9. The van der Waals surface area contributed by atoms with Gasteiger partial charge in [0.05, 0.1) is 11.8 Å². The average Bonchev–Trinajstić information content (AvgIpc) is 2.84. The van der Waals surface area contributed by atoms with E-state index in [1.54, 1.807) is 11.7 Å². The minimum absolute atomic E-state index is 0.0136. The van der Waals surface area contributed by atoms with Crippen LogP contribution in [0.2, 0.25) is 0 Å². The van der Waals surface area contributed by atoms with Gasteiger partial charge in [-0.1, -0.05) is 0 Å². The van der Waals surface area contributed by atoms with Crippen LogP contribution in [-0.4, -0.2) is 40.3 Å². The van der Waals surface area contributed by atoms with Crippen molar-refractivity contribution in [3.05, 3.63) is 27.2 Å². The summed E-state index contributed by atoms with van der Waals surface area (Å²) in [5, 5.41) is 9.67. The number of pyridine rings is 1. The minimum atomic E-state index is -0.160. The lowest BCUT2D eigenvalue weighted by Crippen LogP contribution is -2.38. The standard InChI is InChI=1S/C17H25N5O2/c1-10-13(7-14(23)19-9-12-5-4-6-18-8-12)11(2)20-16-15(10)17(24)21-22(16)3/h12,18H,4-9H2,1-3H3,(H,19,23)(H,21,24). The number of aromatic amines is 1. The molecule has 0 bridgehead atoms. The van der Waals surface area contributed by atoms with E-state index in [1.165, 1.54) is 0 Å². The van der Waals surface area contributed by atoms with Gasteiger partial charge in [0.15, 0.2) is 5.65 Å². The smallest absolute Gasteiger partial charge is 0.273 e. The average molecular weight is 331 g/mol. The summed E-state index contributed by atoms with van der Waals surface area (Å²) < 4.78 is 1.62. The molecule has 0 spiro atoms. The number of rotatable bonds is 4. The Kier molecular flexibility index (Phi) is 4.71. The molecule has 1 fully saturated rings. The molecule has 1 unspecified atom stereocenters. The molecule has 0 aliphatic carbocycles. The highest BCUT2D eigenvalue weighted by Gasteiger charge is 2.18. The van der Waals surface area contributed by atoms with Gasteiger partial charge < -0.3 is 10.6 Å². The summed E-state index contributed by atoms with van der Waals surface area (Å²) in [5.74, 6) is 0.489. The largest absolute Gasteiger partial charge is 0.355 e. The van der Waals surface area contributed by atoms with Gasteiger partial charge in [-0.3, -0.25) is 19.4 Å². The zero-order valence-corrected chi connectivity index (χ0v) is 14.5. The molecule has 3 heterocycles. The molecule has 0 saturated carbocycles. The first-order valence-corrected chi connectivity index (χ1v) is 8.49. The Morgan fingerprint density at radius 1 is 1.42 bits per heavy atom. The predicted molar refractivity (Wildman–Crippen MR) is 93.1 cm³/mol. The third-order valence-electron chi connectivity index (χ3n) is 4.90. The van der Waals surface area contributed by atoms with Crippen molar-refractivity contribution >= 4 is 16.9 Å². The SMILES string of the molecule is Cc1nc2c(c(C)c1CC(=O)NCC1CCCNC1)c(=O)[nH]n2C. The number of H-pyrrole nitrogens is 1. The maximum atomic E-state index is 12.3.